The Morgan fingerprint density at radius 1 is 0.784 bits per heavy atom. The van der Waals surface area contributed by atoms with E-state index in [4.69, 9.17) is 9.15 Å². The maximum Gasteiger partial charge on any atom is 0.349 e. The number of nitrogens with one attached hydrogen (secondary N) is 1. The number of carbonyl (C=O) groups is 2. The third-order valence-electron chi connectivity index (χ3n) is 6.04. The van der Waals surface area contributed by atoms with E-state index >= 15 is 0 Å². The Hall–Kier alpha value is -4.97. The van der Waals surface area contributed by atoms with Gasteiger partial charge in [0.1, 0.15) is 16.9 Å². The summed E-state index contributed by atoms with van der Waals surface area (Å²) in [5.74, 6) is -0.837. The van der Waals surface area contributed by atoms with Crippen molar-refractivity contribution in [3.05, 3.63) is 136 Å². The van der Waals surface area contributed by atoms with E-state index in [2.05, 4.69) is 5.32 Å². The number of amides is 1. The monoisotopic (exact) mass is 489 g/mol. The van der Waals surface area contributed by atoms with Gasteiger partial charge in [-0.2, -0.15) is 0 Å². The van der Waals surface area contributed by atoms with Crippen molar-refractivity contribution in [3.8, 4) is 16.9 Å². The Labute approximate surface area is 213 Å². The molecule has 4 aromatic carbocycles. The van der Waals surface area contributed by atoms with Crippen LogP contribution in [-0.4, -0.2) is 11.9 Å². The van der Waals surface area contributed by atoms with Crippen molar-refractivity contribution >= 4 is 22.8 Å². The van der Waals surface area contributed by atoms with Gasteiger partial charge in [-0.15, -0.1) is 0 Å². The standard InChI is InChI=1S/C31H23NO5/c1-20(21-8-4-2-5-9-21)32-29(33)27-18-25-16-17-26(19-28(25)37-31(27)35)36-30(34)24-14-12-23(13-15-24)22-10-6-3-7-11-22/h2-20H,1H3,(H,32,33). The van der Waals surface area contributed by atoms with Crippen molar-refractivity contribution in [1.82, 2.24) is 5.32 Å². The molecule has 0 aliphatic rings. The minimum atomic E-state index is -0.773. The zero-order valence-electron chi connectivity index (χ0n) is 20.0. The number of benzene rings is 4. The van der Waals surface area contributed by atoms with Crippen molar-refractivity contribution in [2.75, 3.05) is 0 Å². The Balaban J connectivity index is 1.31. The first kappa shape index (κ1) is 23.8. The Bertz CT molecular complexity index is 1620. The number of esters is 1. The molecule has 1 aromatic heterocycles. The van der Waals surface area contributed by atoms with E-state index in [9.17, 15) is 14.4 Å². The Morgan fingerprint density at radius 3 is 2.14 bits per heavy atom. The number of ether oxygens (including phenoxy) is 1. The van der Waals surface area contributed by atoms with Gasteiger partial charge in [0.15, 0.2) is 0 Å². The number of hydrogen-bond donors (Lipinski definition) is 1. The van der Waals surface area contributed by atoms with Crippen molar-refractivity contribution in [2.24, 2.45) is 0 Å². The molecule has 1 atom stereocenters. The van der Waals surface area contributed by atoms with E-state index < -0.39 is 17.5 Å². The van der Waals surface area contributed by atoms with Gasteiger partial charge in [0.2, 0.25) is 0 Å². The summed E-state index contributed by atoms with van der Waals surface area (Å²) in [6.07, 6.45) is 0. The molecule has 1 heterocycles. The lowest BCUT2D eigenvalue weighted by molar-refractivity contribution is 0.0734. The average molecular weight is 490 g/mol. The predicted molar refractivity (Wildman–Crippen MR) is 142 cm³/mol. The van der Waals surface area contributed by atoms with E-state index in [1.807, 2.05) is 79.7 Å². The first-order valence-electron chi connectivity index (χ1n) is 11.8. The lowest BCUT2D eigenvalue weighted by Gasteiger charge is -2.14. The molecule has 0 aliphatic carbocycles. The molecule has 1 amide bonds. The van der Waals surface area contributed by atoms with E-state index in [0.29, 0.717) is 10.9 Å². The molecule has 6 nitrogen and oxygen atoms in total. The quantitative estimate of drug-likeness (QED) is 0.175. The highest BCUT2D eigenvalue weighted by Gasteiger charge is 2.17. The summed E-state index contributed by atoms with van der Waals surface area (Å²) < 4.78 is 10.9. The minimum Gasteiger partial charge on any atom is -0.423 e. The normalized spacial score (nSPS) is 11.6. The summed E-state index contributed by atoms with van der Waals surface area (Å²) in [5, 5.41) is 3.35. The van der Waals surface area contributed by atoms with E-state index in [1.54, 1.807) is 24.3 Å². The molecule has 37 heavy (non-hydrogen) atoms. The van der Waals surface area contributed by atoms with Crippen LogP contribution in [0.5, 0.6) is 5.75 Å². The Morgan fingerprint density at radius 2 is 1.43 bits per heavy atom. The molecule has 0 spiro atoms. The maximum atomic E-state index is 12.7. The van der Waals surface area contributed by atoms with Gasteiger partial charge in [-0.1, -0.05) is 72.8 Å². The molecule has 0 bridgehead atoms. The van der Waals surface area contributed by atoms with Crippen LogP contribution in [0.4, 0.5) is 0 Å². The van der Waals surface area contributed by atoms with Gasteiger partial charge in [0.05, 0.1) is 11.6 Å². The Kier molecular flexibility index (Phi) is 6.64. The molecule has 0 fully saturated rings. The fourth-order valence-corrected chi connectivity index (χ4v) is 4.01. The highest BCUT2D eigenvalue weighted by Crippen LogP contribution is 2.23. The van der Waals surface area contributed by atoms with Crippen LogP contribution < -0.4 is 15.7 Å². The van der Waals surface area contributed by atoms with Crippen LogP contribution in [0, 0.1) is 0 Å². The van der Waals surface area contributed by atoms with Crippen LogP contribution in [0.25, 0.3) is 22.1 Å². The molecule has 5 aromatic rings. The van der Waals surface area contributed by atoms with E-state index in [1.165, 1.54) is 12.1 Å². The SMILES string of the molecule is CC(NC(=O)c1cc2ccc(OC(=O)c3ccc(-c4ccccc4)cc3)cc2oc1=O)c1ccccc1. The number of carbonyl (C=O) groups excluding carboxylic acids is 2. The summed E-state index contributed by atoms with van der Waals surface area (Å²) in [6.45, 7) is 1.84. The van der Waals surface area contributed by atoms with Crippen LogP contribution in [0.1, 0.15) is 39.2 Å². The lowest BCUT2D eigenvalue weighted by Crippen LogP contribution is -2.30. The molecule has 6 heteroatoms. The summed E-state index contributed by atoms with van der Waals surface area (Å²) >= 11 is 0. The van der Waals surface area contributed by atoms with Gasteiger partial charge in [0.25, 0.3) is 5.91 Å². The summed E-state index contributed by atoms with van der Waals surface area (Å²) in [7, 11) is 0. The average Bonchev–Trinajstić information content (AvgIpc) is 2.93. The third-order valence-corrected chi connectivity index (χ3v) is 6.04. The van der Waals surface area contributed by atoms with E-state index in [-0.39, 0.29) is 22.9 Å². The van der Waals surface area contributed by atoms with Gasteiger partial charge >= 0.3 is 11.6 Å². The summed E-state index contributed by atoms with van der Waals surface area (Å²) in [5.41, 5.74) is 2.69. The smallest absolute Gasteiger partial charge is 0.349 e. The number of hydrogen-bond acceptors (Lipinski definition) is 5. The van der Waals surface area contributed by atoms with Crippen molar-refractivity contribution in [3.63, 3.8) is 0 Å². The highest BCUT2D eigenvalue weighted by atomic mass is 16.5. The largest absolute Gasteiger partial charge is 0.423 e. The van der Waals surface area contributed by atoms with Crippen molar-refractivity contribution < 1.29 is 18.7 Å². The van der Waals surface area contributed by atoms with Crippen LogP contribution >= 0.6 is 0 Å². The van der Waals surface area contributed by atoms with E-state index in [0.717, 1.165) is 16.7 Å². The molecule has 5 rings (SSSR count). The zero-order valence-corrected chi connectivity index (χ0v) is 20.0. The third kappa shape index (κ3) is 5.33. The second-order valence-electron chi connectivity index (χ2n) is 8.59. The van der Waals surface area contributed by atoms with Crippen molar-refractivity contribution in [2.45, 2.75) is 13.0 Å². The highest BCUT2D eigenvalue weighted by molar-refractivity contribution is 5.97. The van der Waals surface area contributed by atoms with Crippen LogP contribution in [-0.2, 0) is 0 Å². The molecule has 1 unspecified atom stereocenters. The maximum absolute atomic E-state index is 12.7. The molecular weight excluding hydrogens is 466 g/mol. The van der Waals surface area contributed by atoms with Gasteiger partial charge < -0.3 is 14.5 Å². The number of fused-ring (bicyclic) bond motifs is 1. The van der Waals surface area contributed by atoms with Gasteiger partial charge in [-0.25, -0.2) is 9.59 Å². The topological polar surface area (TPSA) is 85.6 Å². The number of rotatable bonds is 6. The summed E-state index contributed by atoms with van der Waals surface area (Å²) in [6, 6.07) is 32.3. The zero-order chi connectivity index (χ0) is 25.8. The predicted octanol–water partition coefficient (Wildman–Crippen LogP) is 6.17. The molecule has 0 radical (unpaired) electrons. The first-order valence-corrected chi connectivity index (χ1v) is 11.8. The molecule has 0 aliphatic heterocycles. The second-order valence-corrected chi connectivity index (χ2v) is 8.59. The van der Waals surface area contributed by atoms with Crippen LogP contribution in [0.15, 0.2) is 118 Å². The van der Waals surface area contributed by atoms with Gasteiger partial charge in [-0.05, 0) is 53.9 Å². The van der Waals surface area contributed by atoms with Gasteiger partial charge in [-0.3, -0.25) is 4.79 Å². The minimum absolute atomic E-state index is 0.0986. The van der Waals surface area contributed by atoms with Crippen LogP contribution in [0.2, 0.25) is 0 Å². The summed E-state index contributed by atoms with van der Waals surface area (Å²) in [4.78, 5) is 38.0. The molecule has 182 valence electrons. The fraction of sp³-hybridized carbons (Fsp3) is 0.0645. The fourth-order valence-electron chi connectivity index (χ4n) is 4.01. The van der Waals surface area contributed by atoms with Gasteiger partial charge in [0, 0.05) is 11.5 Å². The first-order chi connectivity index (χ1) is 18.0. The molecule has 0 saturated heterocycles. The molecule has 1 N–H and O–H groups in total. The lowest BCUT2D eigenvalue weighted by atomic mass is 10.0. The second kappa shape index (κ2) is 10.3. The molecular formula is C31H23NO5. The van der Waals surface area contributed by atoms with Crippen LogP contribution in [0.3, 0.4) is 0 Å². The molecule has 0 saturated carbocycles. The van der Waals surface area contributed by atoms with Crippen molar-refractivity contribution in [1.29, 1.82) is 0 Å².